The molecular weight excluding hydrogens is 174 g/mol. The van der Waals surface area contributed by atoms with E-state index in [0.717, 1.165) is 30.3 Å². The van der Waals surface area contributed by atoms with Crippen molar-refractivity contribution in [3.63, 3.8) is 0 Å². The smallest absolute Gasteiger partial charge is 0.150 e. The molecule has 0 unspecified atom stereocenters. The third kappa shape index (κ3) is 1.36. The molecule has 1 fully saturated rings. The Balaban J connectivity index is 2.49. The topological polar surface area (TPSA) is 43.1 Å². The highest BCUT2D eigenvalue weighted by Gasteiger charge is 2.35. The summed E-state index contributed by atoms with van der Waals surface area (Å²) in [4.78, 5) is 10.9. The Morgan fingerprint density at radius 3 is 2.64 bits per heavy atom. The Kier molecular flexibility index (Phi) is 2.16. The van der Waals surface area contributed by atoms with Crippen molar-refractivity contribution in [2.45, 2.75) is 31.7 Å². The number of nitrogens with two attached hydrogens (primary N) is 1. The van der Waals surface area contributed by atoms with Crippen molar-refractivity contribution < 1.29 is 4.79 Å². The lowest BCUT2D eigenvalue weighted by molar-refractivity contribution is 0.111. The van der Waals surface area contributed by atoms with Gasteiger partial charge in [0.25, 0.3) is 0 Å². The summed E-state index contributed by atoms with van der Waals surface area (Å²) in [6.45, 7) is 2.03. The van der Waals surface area contributed by atoms with Gasteiger partial charge in [-0.3, -0.25) is 4.79 Å². The second-order valence-corrected chi connectivity index (χ2v) is 4.22. The molecule has 1 saturated carbocycles. The van der Waals surface area contributed by atoms with Gasteiger partial charge in [-0.05, 0) is 31.7 Å². The highest BCUT2D eigenvalue weighted by molar-refractivity contribution is 5.78. The maximum Gasteiger partial charge on any atom is 0.150 e. The minimum Gasteiger partial charge on any atom is -0.321 e. The first kappa shape index (κ1) is 9.41. The van der Waals surface area contributed by atoms with E-state index in [-0.39, 0.29) is 5.54 Å². The van der Waals surface area contributed by atoms with Crippen molar-refractivity contribution in [3.8, 4) is 0 Å². The maximum atomic E-state index is 10.9. The van der Waals surface area contributed by atoms with E-state index in [1.807, 2.05) is 25.1 Å². The lowest BCUT2D eigenvalue weighted by atomic mass is 9.71. The van der Waals surface area contributed by atoms with Crippen molar-refractivity contribution in [1.29, 1.82) is 0 Å². The Hall–Kier alpha value is -1.15. The summed E-state index contributed by atoms with van der Waals surface area (Å²) in [6, 6.07) is 5.86. The number of carbonyl (C=O) groups is 1. The SMILES string of the molecule is Cc1ccc(C=O)c(C2(N)CCC2)c1. The first-order valence-electron chi connectivity index (χ1n) is 5.01. The van der Waals surface area contributed by atoms with Gasteiger partial charge in [0.05, 0.1) is 0 Å². The molecule has 1 aromatic rings. The molecule has 14 heavy (non-hydrogen) atoms. The van der Waals surface area contributed by atoms with Crippen LogP contribution < -0.4 is 5.73 Å². The van der Waals surface area contributed by atoms with E-state index in [1.54, 1.807) is 0 Å². The Morgan fingerprint density at radius 1 is 1.43 bits per heavy atom. The number of hydrogen-bond acceptors (Lipinski definition) is 2. The van der Waals surface area contributed by atoms with Gasteiger partial charge in [0.2, 0.25) is 0 Å². The van der Waals surface area contributed by atoms with E-state index < -0.39 is 0 Å². The van der Waals surface area contributed by atoms with Crippen LogP contribution in [0.15, 0.2) is 18.2 Å². The van der Waals surface area contributed by atoms with Crippen LogP contribution in [-0.2, 0) is 5.54 Å². The van der Waals surface area contributed by atoms with Crippen LogP contribution in [0.25, 0.3) is 0 Å². The molecule has 2 heteroatoms. The molecule has 2 rings (SSSR count). The fourth-order valence-corrected chi connectivity index (χ4v) is 2.03. The van der Waals surface area contributed by atoms with Crippen LogP contribution in [-0.4, -0.2) is 6.29 Å². The lowest BCUT2D eigenvalue weighted by Crippen LogP contribution is -2.44. The molecule has 0 aromatic heterocycles. The molecule has 2 nitrogen and oxygen atoms in total. The molecule has 0 bridgehead atoms. The number of aldehydes is 1. The molecule has 0 radical (unpaired) electrons. The lowest BCUT2D eigenvalue weighted by Gasteiger charge is -2.39. The highest BCUT2D eigenvalue weighted by Crippen LogP contribution is 2.40. The van der Waals surface area contributed by atoms with Gasteiger partial charge < -0.3 is 5.73 Å². The molecule has 0 saturated heterocycles. The van der Waals surface area contributed by atoms with Crippen molar-refractivity contribution in [2.75, 3.05) is 0 Å². The molecule has 0 atom stereocenters. The van der Waals surface area contributed by atoms with E-state index in [2.05, 4.69) is 0 Å². The minimum atomic E-state index is -0.234. The van der Waals surface area contributed by atoms with E-state index in [0.29, 0.717) is 0 Å². The van der Waals surface area contributed by atoms with E-state index >= 15 is 0 Å². The number of hydrogen-bond donors (Lipinski definition) is 1. The molecule has 1 aliphatic rings. The van der Waals surface area contributed by atoms with Crippen molar-refractivity contribution in [2.24, 2.45) is 5.73 Å². The predicted octanol–water partition coefficient (Wildman–Crippen LogP) is 2.15. The van der Waals surface area contributed by atoms with Crippen LogP contribution in [0.2, 0.25) is 0 Å². The largest absolute Gasteiger partial charge is 0.321 e. The van der Waals surface area contributed by atoms with E-state index in [1.165, 1.54) is 12.0 Å². The van der Waals surface area contributed by atoms with Crippen molar-refractivity contribution >= 4 is 6.29 Å². The summed E-state index contributed by atoms with van der Waals surface area (Å²) < 4.78 is 0. The third-order valence-electron chi connectivity index (χ3n) is 3.12. The average Bonchev–Trinajstić information content (AvgIpc) is 2.14. The zero-order valence-electron chi connectivity index (χ0n) is 8.42. The van der Waals surface area contributed by atoms with Gasteiger partial charge in [-0.2, -0.15) is 0 Å². The Labute approximate surface area is 84.1 Å². The van der Waals surface area contributed by atoms with Crippen LogP contribution in [0.5, 0.6) is 0 Å². The highest BCUT2D eigenvalue weighted by atomic mass is 16.1. The summed E-state index contributed by atoms with van der Waals surface area (Å²) in [5.41, 5.74) is 8.92. The second kappa shape index (κ2) is 3.21. The summed E-state index contributed by atoms with van der Waals surface area (Å²) >= 11 is 0. The number of benzene rings is 1. The molecule has 0 aliphatic heterocycles. The summed E-state index contributed by atoms with van der Waals surface area (Å²) in [6.07, 6.45) is 4.07. The van der Waals surface area contributed by atoms with Gasteiger partial charge in [0.1, 0.15) is 6.29 Å². The monoisotopic (exact) mass is 189 g/mol. The summed E-state index contributed by atoms with van der Waals surface area (Å²) in [5.74, 6) is 0. The molecule has 1 aliphatic carbocycles. The van der Waals surface area contributed by atoms with Crippen LogP contribution in [0, 0.1) is 6.92 Å². The fraction of sp³-hybridized carbons (Fsp3) is 0.417. The molecule has 0 amide bonds. The van der Waals surface area contributed by atoms with Gasteiger partial charge in [-0.15, -0.1) is 0 Å². The predicted molar refractivity (Wildman–Crippen MR) is 56.3 cm³/mol. The van der Waals surface area contributed by atoms with Crippen molar-refractivity contribution in [1.82, 2.24) is 0 Å². The van der Waals surface area contributed by atoms with Crippen LogP contribution in [0.4, 0.5) is 0 Å². The molecule has 0 spiro atoms. The van der Waals surface area contributed by atoms with Crippen LogP contribution in [0.1, 0.15) is 40.7 Å². The summed E-state index contributed by atoms with van der Waals surface area (Å²) in [5, 5.41) is 0. The average molecular weight is 189 g/mol. The van der Waals surface area contributed by atoms with Crippen molar-refractivity contribution in [3.05, 3.63) is 34.9 Å². The Morgan fingerprint density at radius 2 is 2.14 bits per heavy atom. The van der Waals surface area contributed by atoms with Crippen LogP contribution >= 0.6 is 0 Å². The minimum absolute atomic E-state index is 0.234. The molecule has 0 heterocycles. The number of aryl methyl sites for hydroxylation is 1. The zero-order chi connectivity index (χ0) is 10.2. The van der Waals surface area contributed by atoms with Gasteiger partial charge in [-0.1, -0.05) is 23.8 Å². The van der Waals surface area contributed by atoms with E-state index in [4.69, 9.17) is 5.73 Å². The first-order valence-corrected chi connectivity index (χ1v) is 5.01. The molecule has 1 aromatic carbocycles. The normalized spacial score (nSPS) is 18.7. The second-order valence-electron chi connectivity index (χ2n) is 4.22. The maximum absolute atomic E-state index is 10.9. The van der Waals surface area contributed by atoms with Gasteiger partial charge in [-0.25, -0.2) is 0 Å². The standard InChI is InChI=1S/C12H15NO/c1-9-3-4-10(8-14)11(7-9)12(13)5-2-6-12/h3-4,7-8H,2,5-6,13H2,1H3. The van der Waals surface area contributed by atoms with E-state index in [9.17, 15) is 4.79 Å². The third-order valence-corrected chi connectivity index (χ3v) is 3.12. The molecule has 74 valence electrons. The van der Waals surface area contributed by atoms with Gasteiger partial charge >= 0.3 is 0 Å². The molecular formula is C12H15NO. The van der Waals surface area contributed by atoms with Gasteiger partial charge in [0, 0.05) is 11.1 Å². The fourth-order valence-electron chi connectivity index (χ4n) is 2.03. The van der Waals surface area contributed by atoms with Crippen LogP contribution in [0.3, 0.4) is 0 Å². The Bertz CT molecular complexity index is 367. The summed E-state index contributed by atoms with van der Waals surface area (Å²) in [7, 11) is 0. The number of carbonyl (C=O) groups excluding carboxylic acids is 1. The number of rotatable bonds is 2. The first-order chi connectivity index (χ1) is 6.65. The zero-order valence-corrected chi connectivity index (χ0v) is 8.42. The quantitative estimate of drug-likeness (QED) is 0.724. The molecule has 2 N–H and O–H groups in total. The van der Waals surface area contributed by atoms with Gasteiger partial charge in [0.15, 0.2) is 0 Å².